The minimum absolute atomic E-state index is 0.00339. The second-order valence-electron chi connectivity index (χ2n) is 7.37. The predicted molar refractivity (Wildman–Crippen MR) is 101 cm³/mol. The van der Waals surface area contributed by atoms with Gasteiger partial charge in [0.15, 0.2) is 0 Å². The predicted octanol–water partition coefficient (Wildman–Crippen LogP) is 3.92. The molecule has 0 bridgehead atoms. The fourth-order valence-corrected chi connectivity index (χ4v) is 3.76. The SMILES string of the molecule is COc1cc(CCC(=O)N2CCC[C@H](c3cc4nc(C(F)(F)F)ccc4[nH]3)C2)on1. The number of likely N-dealkylation sites (tertiary alicyclic amines) is 1. The first-order valence-electron chi connectivity index (χ1n) is 9.67. The number of pyridine rings is 1. The molecule has 1 saturated heterocycles. The number of hydrogen-bond acceptors (Lipinski definition) is 5. The van der Waals surface area contributed by atoms with E-state index in [1.54, 1.807) is 17.0 Å². The van der Waals surface area contributed by atoms with E-state index < -0.39 is 11.9 Å². The third-order valence-electron chi connectivity index (χ3n) is 5.33. The molecular weight excluding hydrogens is 401 g/mol. The lowest BCUT2D eigenvalue weighted by atomic mass is 9.94. The first-order chi connectivity index (χ1) is 14.3. The summed E-state index contributed by atoms with van der Waals surface area (Å²) in [6.07, 6.45) is -2.10. The molecule has 1 fully saturated rings. The summed E-state index contributed by atoms with van der Waals surface area (Å²) in [5, 5.41) is 3.72. The van der Waals surface area contributed by atoms with Crippen molar-refractivity contribution in [2.75, 3.05) is 20.2 Å². The normalized spacial score (nSPS) is 17.5. The zero-order chi connectivity index (χ0) is 21.3. The third-order valence-corrected chi connectivity index (χ3v) is 5.33. The number of nitrogens with zero attached hydrogens (tertiary/aromatic N) is 3. The Bertz CT molecular complexity index is 1040. The number of alkyl halides is 3. The van der Waals surface area contributed by atoms with E-state index in [9.17, 15) is 18.0 Å². The second-order valence-corrected chi connectivity index (χ2v) is 7.37. The lowest BCUT2D eigenvalue weighted by Crippen LogP contribution is -2.39. The van der Waals surface area contributed by atoms with Gasteiger partial charge >= 0.3 is 6.18 Å². The van der Waals surface area contributed by atoms with E-state index in [4.69, 9.17) is 9.26 Å². The topological polar surface area (TPSA) is 84.2 Å². The fraction of sp³-hybridized carbons (Fsp3) is 0.450. The van der Waals surface area contributed by atoms with Crippen LogP contribution in [-0.2, 0) is 17.4 Å². The van der Waals surface area contributed by atoms with E-state index in [1.807, 2.05) is 0 Å². The average molecular weight is 422 g/mol. The van der Waals surface area contributed by atoms with Crippen molar-refractivity contribution in [3.05, 3.63) is 41.4 Å². The number of ether oxygens (including phenoxy) is 1. The van der Waals surface area contributed by atoms with Gasteiger partial charge in [-0.2, -0.15) is 13.2 Å². The first-order valence-corrected chi connectivity index (χ1v) is 9.67. The Labute approximate surface area is 170 Å². The van der Waals surface area contributed by atoms with Crippen LogP contribution in [0, 0.1) is 0 Å². The van der Waals surface area contributed by atoms with Gasteiger partial charge in [-0.3, -0.25) is 4.79 Å². The van der Waals surface area contributed by atoms with Crippen LogP contribution in [0.25, 0.3) is 11.0 Å². The van der Waals surface area contributed by atoms with E-state index in [-0.39, 0.29) is 23.8 Å². The average Bonchev–Trinajstić information content (AvgIpc) is 3.37. The molecule has 10 heteroatoms. The number of piperidine rings is 1. The number of aromatic nitrogens is 3. The van der Waals surface area contributed by atoms with Crippen molar-refractivity contribution in [2.24, 2.45) is 0 Å². The van der Waals surface area contributed by atoms with Crippen LogP contribution in [0.3, 0.4) is 0 Å². The number of rotatable bonds is 5. The van der Waals surface area contributed by atoms with E-state index in [0.29, 0.717) is 36.7 Å². The number of carbonyl (C=O) groups is 1. The first kappa shape index (κ1) is 20.2. The lowest BCUT2D eigenvalue weighted by Gasteiger charge is -2.32. The van der Waals surface area contributed by atoms with Crippen molar-refractivity contribution in [2.45, 2.75) is 37.8 Å². The monoisotopic (exact) mass is 422 g/mol. The Kier molecular flexibility index (Phi) is 5.40. The van der Waals surface area contributed by atoms with Crippen molar-refractivity contribution >= 4 is 16.9 Å². The molecule has 7 nitrogen and oxygen atoms in total. The van der Waals surface area contributed by atoms with Gasteiger partial charge in [0.25, 0.3) is 5.88 Å². The molecule has 0 unspecified atom stereocenters. The fourth-order valence-electron chi connectivity index (χ4n) is 3.76. The maximum absolute atomic E-state index is 12.9. The molecule has 0 spiro atoms. The summed E-state index contributed by atoms with van der Waals surface area (Å²) in [4.78, 5) is 21.3. The Hall–Kier alpha value is -3.04. The molecule has 1 N–H and O–H groups in total. The molecule has 0 saturated carbocycles. The number of amides is 1. The van der Waals surface area contributed by atoms with Gasteiger partial charge < -0.3 is 19.1 Å². The Morgan fingerprint density at radius 1 is 1.37 bits per heavy atom. The molecule has 1 aliphatic rings. The third kappa shape index (κ3) is 4.27. The van der Waals surface area contributed by atoms with Crippen LogP contribution in [0.1, 0.15) is 42.3 Å². The van der Waals surface area contributed by atoms with Crippen LogP contribution in [0.4, 0.5) is 13.2 Å². The lowest BCUT2D eigenvalue weighted by molar-refractivity contribution is -0.141. The van der Waals surface area contributed by atoms with Gasteiger partial charge in [0.05, 0.1) is 18.1 Å². The minimum Gasteiger partial charge on any atom is -0.479 e. The largest absolute Gasteiger partial charge is 0.479 e. The van der Waals surface area contributed by atoms with Gasteiger partial charge in [-0.05, 0) is 36.2 Å². The molecule has 1 atom stereocenters. The number of H-pyrrole nitrogens is 1. The number of aryl methyl sites for hydroxylation is 1. The highest BCUT2D eigenvalue weighted by Crippen LogP contribution is 2.32. The molecule has 1 amide bonds. The van der Waals surface area contributed by atoms with E-state index >= 15 is 0 Å². The van der Waals surface area contributed by atoms with Crippen LogP contribution >= 0.6 is 0 Å². The van der Waals surface area contributed by atoms with Crippen molar-refractivity contribution in [1.82, 2.24) is 20.0 Å². The summed E-state index contributed by atoms with van der Waals surface area (Å²) < 4.78 is 48.8. The molecular formula is C20H21F3N4O3. The molecule has 0 aromatic carbocycles. The molecule has 30 heavy (non-hydrogen) atoms. The van der Waals surface area contributed by atoms with Crippen LogP contribution in [0.5, 0.6) is 5.88 Å². The van der Waals surface area contributed by atoms with Crippen LogP contribution < -0.4 is 4.74 Å². The molecule has 0 radical (unpaired) electrons. The zero-order valence-electron chi connectivity index (χ0n) is 16.3. The Morgan fingerprint density at radius 2 is 2.20 bits per heavy atom. The number of halogens is 3. The van der Waals surface area contributed by atoms with E-state index in [2.05, 4.69) is 15.1 Å². The number of nitrogens with one attached hydrogen (secondary N) is 1. The Balaban J connectivity index is 1.42. The highest BCUT2D eigenvalue weighted by Gasteiger charge is 2.33. The maximum atomic E-state index is 12.9. The second kappa shape index (κ2) is 8.00. The number of hydrogen-bond donors (Lipinski definition) is 1. The summed E-state index contributed by atoms with van der Waals surface area (Å²) in [5.41, 5.74) is 0.725. The highest BCUT2D eigenvalue weighted by atomic mass is 19.4. The molecule has 4 heterocycles. The number of carbonyl (C=O) groups excluding carboxylic acids is 1. The zero-order valence-corrected chi connectivity index (χ0v) is 16.3. The van der Waals surface area contributed by atoms with Crippen molar-refractivity contribution in [3.63, 3.8) is 0 Å². The van der Waals surface area contributed by atoms with Crippen molar-refractivity contribution in [3.8, 4) is 5.88 Å². The number of methoxy groups -OCH3 is 1. The number of aromatic amines is 1. The van der Waals surface area contributed by atoms with Crippen LogP contribution in [0.2, 0.25) is 0 Å². The van der Waals surface area contributed by atoms with Gasteiger partial charge in [0, 0.05) is 43.6 Å². The van der Waals surface area contributed by atoms with E-state index in [1.165, 1.54) is 13.2 Å². The van der Waals surface area contributed by atoms with E-state index in [0.717, 1.165) is 24.6 Å². The van der Waals surface area contributed by atoms with Crippen LogP contribution in [-0.4, -0.2) is 46.1 Å². The smallest absolute Gasteiger partial charge is 0.433 e. The summed E-state index contributed by atoms with van der Waals surface area (Å²) in [5.74, 6) is 0.979. The molecule has 3 aromatic heterocycles. The molecule has 1 aliphatic heterocycles. The summed E-state index contributed by atoms with van der Waals surface area (Å²) >= 11 is 0. The summed E-state index contributed by atoms with van der Waals surface area (Å²) in [6, 6.07) is 5.67. The van der Waals surface area contributed by atoms with Crippen molar-refractivity contribution < 1.29 is 27.2 Å². The highest BCUT2D eigenvalue weighted by molar-refractivity contribution is 5.77. The molecule has 4 rings (SSSR count). The quantitative estimate of drug-likeness (QED) is 0.674. The number of fused-ring (bicyclic) bond motifs is 1. The van der Waals surface area contributed by atoms with Gasteiger partial charge in [-0.15, -0.1) is 0 Å². The van der Waals surface area contributed by atoms with Crippen molar-refractivity contribution in [1.29, 1.82) is 0 Å². The van der Waals surface area contributed by atoms with Gasteiger partial charge in [0.1, 0.15) is 11.5 Å². The van der Waals surface area contributed by atoms with Gasteiger partial charge in [-0.1, -0.05) is 0 Å². The summed E-state index contributed by atoms with van der Waals surface area (Å²) in [6.45, 7) is 1.17. The standard InChI is InChI=1S/C20H21F3N4O3/c1-29-18-9-13(30-26-18)4-7-19(28)27-8-2-3-12(11-27)15-10-16-14(24-15)5-6-17(25-16)20(21,22)23/h5-6,9-10,12,24H,2-4,7-8,11H2,1H3/t12-/m0/s1. The minimum atomic E-state index is -4.48. The Morgan fingerprint density at radius 3 is 2.93 bits per heavy atom. The van der Waals surface area contributed by atoms with Gasteiger partial charge in [0.2, 0.25) is 5.91 Å². The maximum Gasteiger partial charge on any atom is 0.433 e. The van der Waals surface area contributed by atoms with Gasteiger partial charge in [-0.25, -0.2) is 4.98 Å². The molecule has 0 aliphatic carbocycles. The molecule has 3 aromatic rings. The summed E-state index contributed by atoms with van der Waals surface area (Å²) in [7, 11) is 1.49. The molecule has 160 valence electrons. The van der Waals surface area contributed by atoms with Crippen LogP contribution in [0.15, 0.2) is 28.8 Å².